The average Bonchev–Trinajstić information content (AvgIpc) is 3.09. The molecule has 0 aliphatic carbocycles. The number of nitrogens with zero attached hydrogens (tertiary/aromatic N) is 5. The van der Waals surface area contributed by atoms with Crippen LogP contribution in [0.4, 0.5) is 0 Å². The van der Waals surface area contributed by atoms with E-state index in [1.54, 1.807) is 23.0 Å². The molecule has 0 aliphatic rings. The van der Waals surface area contributed by atoms with Crippen molar-refractivity contribution in [3.8, 4) is 11.7 Å². The third-order valence-corrected chi connectivity index (χ3v) is 3.16. The van der Waals surface area contributed by atoms with Crippen LogP contribution in [0.3, 0.4) is 0 Å². The van der Waals surface area contributed by atoms with E-state index < -0.39 is 0 Å². The summed E-state index contributed by atoms with van der Waals surface area (Å²) in [5.41, 5.74) is 0.696. The molecule has 3 heterocycles. The molecule has 0 spiro atoms. The van der Waals surface area contributed by atoms with E-state index in [0.717, 1.165) is 0 Å². The highest BCUT2D eigenvalue weighted by molar-refractivity contribution is 9.10. The van der Waals surface area contributed by atoms with Gasteiger partial charge in [-0.2, -0.15) is 0 Å². The van der Waals surface area contributed by atoms with E-state index in [1.807, 2.05) is 6.92 Å². The van der Waals surface area contributed by atoms with Crippen LogP contribution in [0.25, 0.3) is 11.7 Å². The summed E-state index contributed by atoms with van der Waals surface area (Å²) >= 11 is 9.14. The molecule has 20 heavy (non-hydrogen) atoms. The maximum atomic E-state index is 5.92. The SMILES string of the molecule is CC(Cl)c1cn(Cc2nnc(-c3ccc(Br)o3)o2)nn1. The maximum absolute atomic E-state index is 5.92. The van der Waals surface area contributed by atoms with E-state index >= 15 is 0 Å². The molecule has 1 unspecified atom stereocenters. The monoisotopic (exact) mass is 357 g/mol. The van der Waals surface area contributed by atoms with Crippen molar-refractivity contribution in [3.05, 3.63) is 34.6 Å². The van der Waals surface area contributed by atoms with Crippen LogP contribution < -0.4 is 0 Å². The smallest absolute Gasteiger partial charge is 0.283 e. The van der Waals surface area contributed by atoms with Gasteiger partial charge in [0.25, 0.3) is 5.89 Å². The highest BCUT2D eigenvalue weighted by Crippen LogP contribution is 2.24. The Bertz CT molecular complexity index is 720. The van der Waals surface area contributed by atoms with Crippen LogP contribution in [0.15, 0.2) is 31.8 Å². The molecule has 9 heteroatoms. The Morgan fingerprint density at radius 3 is 2.80 bits per heavy atom. The molecular weight excluding hydrogens is 350 g/mol. The molecule has 3 aromatic heterocycles. The van der Waals surface area contributed by atoms with Gasteiger partial charge in [-0.25, -0.2) is 4.68 Å². The first-order valence-corrected chi connectivity index (χ1v) is 6.97. The highest BCUT2D eigenvalue weighted by atomic mass is 79.9. The van der Waals surface area contributed by atoms with E-state index in [1.165, 1.54) is 0 Å². The fourth-order valence-corrected chi connectivity index (χ4v) is 1.96. The molecule has 0 amide bonds. The fraction of sp³-hybridized carbons (Fsp3) is 0.273. The van der Waals surface area contributed by atoms with Crippen LogP contribution in [0.5, 0.6) is 0 Å². The van der Waals surface area contributed by atoms with Crippen LogP contribution in [0.1, 0.15) is 23.9 Å². The summed E-state index contributed by atoms with van der Waals surface area (Å²) in [5.74, 6) is 1.23. The number of hydrogen-bond acceptors (Lipinski definition) is 6. The second-order valence-corrected chi connectivity index (χ2v) is 5.50. The normalized spacial score (nSPS) is 12.8. The molecule has 7 nitrogen and oxygen atoms in total. The van der Waals surface area contributed by atoms with Crippen molar-refractivity contribution in [2.45, 2.75) is 18.8 Å². The zero-order chi connectivity index (χ0) is 14.1. The molecule has 1 atom stereocenters. The first-order chi connectivity index (χ1) is 9.61. The Balaban J connectivity index is 1.76. The lowest BCUT2D eigenvalue weighted by Crippen LogP contribution is -2.00. The van der Waals surface area contributed by atoms with Crippen LogP contribution in [-0.4, -0.2) is 25.2 Å². The van der Waals surface area contributed by atoms with Gasteiger partial charge in [-0.15, -0.1) is 26.9 Å². The number of aromatic nitrogens is 5. The second kappa shape index (κ2) is 5.37. The van der Waals surface area contributed by atoms with Gasteiger partial charge in [0, 0.05) is 0 Å². The predicted molar refractivity (Wildman–Crippen MR) is 73.1 cm³/mol. The van der Waals surface area contributed by atoms with Gasteiger partial charge < -0.3 is 8.83 Å². The molecule has 0 fully saturated rings. The standard InChI is InChI=1S/C11H9BrClN5O2/c1-6(13)7-4-18(17-14-7)5-10-15-16-11(20-10)8-2-3-9(12)19-8/h2-4,6H,5H2,1H3. The maximum Gasteiger partial charge on any atom is 0.283 e. The average molecular weight is 359 g/mol. The minimum absolute atomic E-state index is 0.192. The summed E-state index contributed by atoms with van der Waals surface area (Å²) in [5, 5.41) is 15.6. The molecule has 0 radical (unpaired) electrons. The third-order valence-electron chi connectivity index (χ3n) is 2.51. The summed E-state index contributed by atoms with van der Waals surface area (Å²) in [4.78, 5) is 0. The minimum Gasteiger partial charge on any atom is -0.444 e. The minimum atomic E-state index is -0.192. The van der Waals surface area contributed by atoms with E-state index in [9.17, 15) is 0 Å². The third kappa shape index (κ3) is 2.75. The molecule has 3 aromatic rings. The Kier molecular flexibility index (Phi) is 3.58. The second-order valence-electron chi connectivity index (χ2n) is 4.06. The van der Waals surface area contributed by atoms with Crippen molar-refractivity contribution >= 4 is 27.5 Å². The van der Waals surface area contributed by atoms with Gasteiger partial charge in [-0.05, 0) is 35.0 Å². The van der Waals surface area contributed by atoms with Gasteiger partial charge in [0.1, 0.15) is 12.2 Å². The van der Waals surface area contributed by atoms with Crippen molar-refractivity contribution in [2.24, 2.45) is 0 Å². The summed E-state index contributed by atoms with van der Waals surface area (Å²) in [7, 11) is 0. The first-order valence-electron chi connectivity index (χ1n) is 5.74. The molecule has 0 aliphatic heterocycles. The molecule has 0 saturated heterocycles. The zero-order valence-corrected chi connectivity index (χ0v) is 12.7. The zero-order valence-electron chi connectivity index (χ0n) is 10.3. The van der Waals surface area contributed by atoms with Gasteiger partial charge in [0.15, 0.2) is 10.4 Å². The van der Waals surface area contributed by atoms with Crippen molar-refractivity contribution in [3.63, 3.8) is 0 Å². The molecule has 0 aromatic carbocycles. The summed E-state index contributed by atoms with van der Waals surface area (Å²) in [6.07, 6.45) is 1.74. The number of furan rings is 1. The lowest BCUT2D eigenvalue weighted by atomic mass is 10.4. The van der Waals surface area contributed by atoms with Crippen LogP contribution in [0, 0.1) is 0 Å². The molecule has 0 bridgehead atoms. The Hall–Kier alpha value is -1.67. The van der Waals surface area contributed by atoms with Crippen molar-refractivity contribution in [2.75, 3.05) is 0 Å². The molecule has 3 rings (SSSR count). The molecule has 104 valence electrons. The number of hydrogen-bond donors (Lipinski definition) is 0. The molecular formula is C11H9BrClN5O2. The fourth-order valence-electron chi connectivity index (χ4n) is 1.56. The number of alkyl halides is 1. The van der Waals surface area contributed by atoms with E-state index in [2.05, 4.69) is 36.4 Å². The van der Waals surface area contributed by atoms with Gasteiger partial charge in [-0.3, -0.25) is 0 Å². The van der Waals surface area contributed by atoms with E-state index in [4.69, 9.17) is 20.4 Å². The highest BCUT2D eigenvalue weighted by Gasteiger charge is 2.14. The van der Waals surface area contributed by atoms with Gasteiger partial charge >= 0.3 is 0 Å². The van der Waals surface area contributed by atoms with E-state index in [-0.39, 0.29) is 5.38 Å². The van der Waals surface area contributed by atoms with Gasteiger partial charge in [0.2, 0.25) is 5.89 Å². The van der Waals surface area contributed by atoms with Crippen LogP contribution in [-0.2, 0) is 6.54 Å². The summed E-state index contributed by atoms with van der Waals surface area (Å²) in [6.45, 7) is 2.15. The summed E-state index contributed by atoms with van der Waals surface area (Å²) in [6, 6.07) is 3.49. The Morgan fingerprint density at radius 1 is 1.30 bits per heavy atom. The van der Waals surface area contributed by atoms with Crippen molar-refractivity contribution in [1.29, 1.82) is 0 Å². The van der Waals surface area contributed by atoms with E-state index in [0.29, 0.717) is 34.4 Å². The first kappa shape index (κ1) is 13.3. The van der Waals surface area contributed by atoms with Gasteiger partial charge in [-0.1, -0.05) is 5.21 Å². The summed E-state index contributed by atoms with van der Waals surface area (Å²) < 4.78 is 13.0. The topological polar surface area (TPSA) is 82.8 Å². The quantitative estimate of drug-likeness (QED) is 0.667. The Labute approximate surface area is 127 Å². The number of halogens is 2. The van der Waals surface area contributed by atoms with Gasteiger partial charge in [0.05, 0.1) is 11.6 Å². The molecule has 0 saturated carbocycles. The largest absolute Gasteiger partial charge is 0.444 e. The predicted octanol–water partition coefficient (Wildman–Crippen LogP) is 3.03. The van der Waals surface area contributed by atoms with Crippen LogP contribution in [0.2, 0.25) is 0 Å². The lowest BCUT2D eigenvalue weighted by Gasteiger charge is -1.94. The van der Waals surface area contributed by atoms with Crippen molar-refractivity contribution < 1.29 is 8.83 Å². The van der Waals surface area contributed by atoms with Crippen molar-refractivity contribution in [1.82, 2.24) is 25.2 Å². The number of rotatable bonds is 4. The Morgan fingerprint density at radius 2 is 2.15 bits per heavy atom. The molecule has 0 N–H and O–H groups in total. The lowest BCUT2D eigenvalue weighted by molar-refractivity contribution is 0.451. The van der Waals surface area contributed by atoms with Crippen LogP contribution >= 0.6 is 27.5 Å².